The van der Waals surface area contributed by atoms with E-state index in [-0.39, 0.29) is 17.9 Å². The minimum Gasteiger partial charge on any atom is -0.544 e. The van der Waals surface area contributed by atoms with Gasteiger partial charge in [0, 0.05) is 5.56 Å². The van der Waals surface area contributed by atoms with Crippen LogP contribution in [0.4, 0.5) is 5.69 Å². The fraction of sp³-hybridized carbons (Fsp3) is 0.222. The van der Waals surface area contributed by atoms with Gasteiger partial charge < -0.3 is 25.6 Å². The summed E-state index contributed by atoms with van der Waals surface area (Å²) in [7, 11) is 0. The highest BCUT2D eigenvalue weighted by Gasteiger charge is 2.19. The van der Waals surface area contributed by atoms with Crippen molar-refractivity contribution in [3.8, 4) is 5.75 Å². The van der Waals surface area contributed by atoms with Crippen molar-refractivity contribution in [2.75, 3.05) is 5.32 Å². The maximum atomic E-state index is 12.1. The van der Waals surface area contributed by atoms with Crippen LogP contribution in [0.2, 0.25) is 0 Å². The normalized spacial score (nSPS) is 11.7. The highest BCUT2D eigenvalue weighted by atomic mass is 16.4. The van der Waals surface area contributed by atoms with Crippen molar-refractivity contribution < 1.29 is 25.1 Å². The van der Waals surface area contributed by atoms with Crippen molar-refractivity contribution in [3.05, 3.63) is 59.7 Å². The molecule has 1 amide bonds. The van der Waals surface area contributed by atoms with Gasteiger partial charge in [-0.3, -0.25) is 4.79 Å². The van der Waals surface area contributed by atoms with Crippen LogP contribution in [-0.2, 0) is 16.1 Å². The maximum Gasteiger partial charge on any atom is 0.230 e. The number of hydrogen-bond donors (Lipinski definition) is 3. The Morgan fingerprint density at radius 2 is 1.92 bits per heavy atom. The summed E-state index contributed by atoms with van der Waals surface area (Å²) in [6.45, 7) is 2.26. The zero-order chi connectivity index (χ0) is 17.5. The molecule has 0 saturated heterocycles. The molecule has 6 heteroatoms. The average Bonchev–Trinajstić information content (AvgIpc) is 2.55. The molecule has 6 nitrogen and oxygen atoms in total. The summed E-state index contributed by atoms with van der Waals surface area (Å²) in [6.07, 6.45) is -0.247. The standard InChI is InChI=1S/C18H20N2O4/c1-12-7-8-16(21)14(9-12)20-17(22)10-15(18(23)24)19-11-13-5-3-2-4-6-13/h2-9,15,19,21H,10-11H2,1H3,(H,20,22)(H,23,24)/t15-/m1/s1. The number of carbonyl (C=O) groups is 2. The molecule has 0 fully saturated rings. The number of carbonyl (C=O) groups excluding carboxylic acids is 2. The summed E-state index contributed by atoms with van der Waals surface area (Å²) in [5.41, 5.74) is 2.09. The van der Waals surface area contributed by atoms with E-state index >= 15 is 0 Å². The van der Waals surface area contributed by atoms with Crippen LogP contribution in [0.1, 0.15) is 17.5 Å². The van der Waals surface area contributed by atoms with Crippen molar-refractivity contribution >= 4 is 17.6 Å². The molecule has 2 rings (SSSR count). The highest BCUT2D eigenvalue weighted by Crippen LogP contribution is 2.23. The molecule has 0 saturated carbocycles. The second-order valence-electron chi connectivity index (χ2n) is 5.62. The number of aliphatic carboxylic acids is 1. The van der Waals surface area contributed by atoms with Gasteiger partial charge in [0.1, 0.15) is 18.3 Å². The Kier molecular flexibility index (Phi) is 5.92. The number of quaternary nitrogens is 1. The predicted molar refractivity (Wildman–Crippen MR) is 87.0 cm³/mol. The number of carboxylic acid groups (broad SMARTS) is 1. The van der Waals surface area contributed by atoms with Crippen molar-refractivity contribution in [3.63, 3.8) is 0 Å². The Hall–Kier alpha value is -2.86. The van der Waals surface area contributed by atoms with Gasteiger partial charge in [0.2, 0.25) is 5.91 Å². The first kappa shape index (κ1) is 17.5. The van der Waals surface area contributed by atoms with E-state index in [1.54, 1.807) is 17.4 Å². The molecule has 126 valence electrons. The zero-order valence-electron chi connectivity index (χ0n) is 13.4. The summed E-state index contributed by atoms with van der Waals surface area (Å²) < 4.78 is 0. The maximum absolute atomic E-state index is 12.1. The summed E-state index contributed by atoms with van der Waals surface area (Å²) in [6, 6.07) is 13.2. The molecule has 0 heterocycles. The number of hydrogen-bond acceptors (Lipinski definition) is 4. The van der Waals surface area contributed by atoms with Gasteiger partial charge in [0.25, 0.3) is 0 Å². The molecule has 4 N–H and O–H groups in total. The van der Waals surface area contributed by atoms with E-state index in [2.05, 4.69) is 5.32 Å². The van der Waals surface area contributed by atoms with Crippen LogP contribution in [0.15, 0.2) is 48.5 Å². The molecule has 2 aromatic carbocycles. The molecule has 1 atom stereocenters. The summed E-state index contributed by atoms with van der Waals surface area (Å²) in [4.78, 5) is 23.3. The first-order valence-corrected chi connectivity index (χ1v) is 7.63. The predicted octanol–water partition coefficient (Wildman–Crippen LogP) is -0.0887. The van der Waals surface area contributed by atoms with Gasteiger partial charge in [-0.05, 0) is 24.6 Å². The summed E-state index contributed by atoms with van der Waals surface area (Å²) in [5.74, 6) is -1.85. The molecule has 0 aliphatic heterocycles. The average molecular weight is 328 g/mol. The molecular weight excluding hydrogens is 308 g/mol. The largest absolute Gasteiger partial charge is 0.544 e. The van der Waals surface area contributed by atoms with Gasteiger partial charge in [-0.2, -0.15) is 0 Å². The number of anilines is 1. The number of aryl methyl sites for hydroxylation is 1. The van der Waals surface area contributed by atoms with Crippen LogP contribution in [0.3, 0.4) is 0 Å². The number of phenols is 1. The van der Waals surface area contributed by atoms with Crippen LogP contribution in [0.25, 0.3) is 0 Å². The third-order valence-corrected chi connectivity index (χ3v) is 3.62. The third-order valence-electron chi connectivity index (χ3n) is 3.62. The van der Waals surface area contributed by atoms with E-state index in [0.29, 0.717) is 6.54 Å². The molecule has 2 aromatic rings. The van der Waals surface area contributed by atoms with Crippen LogP contribution in [-0.4, -0.2) is 23.0 Å². The zero-order valence-corrected chi connectivity index (χ0v) is 13.4. The quantitative estimate of drug-likeness (QED) is 0.618. The van der Waals surface area contributed by atoms with E-state index in [0.717, 1.165) is 11.1 Å². The number of aromatic hydroxyl groups is 1. The van der Waals surface area contributed by atoms with E-state index in [1.165, 1.54) is 6.07 Å². The minimum absolute atomic E-state index is 0.0628. The van der Waals surface area contributed by atoms with E-state index in [1.807, 2.05) is 37.3 Å². The lowest BCUT2D eigenvalue weighted by Crippen LogP contribution is -2.92. The Balaban J connectivity index is 1.95. The van der Waals surface area contributed by atoms with Gasteiger partial charge in [0.15, 0.2) is 0 Å². The van der Waals surface area contributed by atoms with Gasteiger partial charge >= 0.3 is 0 Å². The van der Waals surface area contributed by atoms with Crippen LogP contribution < -0.4 is 15.7 Å². The Bertz CT molecular complexity index is 716. The van der Waals surface area contributed by atoms with Gasteiger partial charge in [-0.25, -0.2) is 0 Å². The molecule has 0 spiro atoms. The fourth-order valence-corrected chi connectivity index (χ4v) is 2.31. The van der Waals surface area contributed by atoms with Gasteiger partial charge in [-0.15, -0.1) is 0 Å². The molecule has 0 radical (unpaired) electrons. The first-order chi connectivity index (χ1) is 11.5. The number of rotatable bonds is 7. The lowest BCUT2D eigenvalue weighted by molar-refractivity contribution is -0.697. The van der Waals surface area contributed by atoms with Crippen molar-refractivity contribution in [2.24, 2.45) is 0 Å². The third kappa shape index (κ3) is 5.10. The lowest BCUT2D eigenvalue weighted by atomic mass is 10.1. The fourth-order valence-electron chi connectivity index (χ4n) is 2.31. The topological polar surface area (TPSA) is 106 Å². The van der Waals surface area contributed by atoms with Crippen molar-refractivity contribution in [2.45, 2.75) is 25.9 Å². The Labute approximate surface area is 140 Å². The second-order valence-corrected chi connectivity index (χ2v) is 5.62. The van der Waals surface area contributed by atoms with Crippen LogP contribution >= 0.6 is 0 Å². The van der Waals surface area contributed by atoms with Crippen molar-refractivity contribution in [1.82, 2.24) is 0 Å². The molecule has 0 aliphatic rings. The number of nitrogens with two attached hydrogens (primary N) is 1. The van der Waals surface area contributed by atoms with Crippen LogP contribution in [0.5, 0.6) is 5.75 Å². The molecule has 24 heavy (non-hydrogen) atoms. The van der Waals surface area contributed by atoms with Crippen molar-refractivity contribution in [1.29, 1.82) is 0 Å². The monoisotopic (exact) mass is 328 g/mol. The summed E-state index contributed by atoms with van der Waals surface area (Å²) in [5, 5.41) is 25.1. The van der Waals surface area contributed by atoms with Gasteiger partial charge in [-0.1, -0.05) is 36.4 Å². The number of carboxylic acids is 1. The first-order valence-electron chi connectivity index (χ1n) is 7.63. The molecule has 0 aromatic heterocycles. The SMILES string of the molecule is Cc1ccc(O)c(NC(=O)C[C@@H]([NH2+]Cc2ccccc2)C(=O)[O-])c1. The molecular formula is C18H20N2O4. The second kappa shape index (κ2) is 8.12. The Morgan fingerprint density at radius 1 is 1.21 bits per heavy atom. The molecule has 0 bridgehead atoms. The molecule has 0 aliphatic carbocycles. The smallest absolute Gasteiger partial charge is 0.230 e. The lowest BCUT2D eigenvalue weighted by Gasteiger charge is -2.17. The number of benzene rings is 2. The Morgan fingerprint density at radius 3 is 2.58 bits per heavy atom. The number of amides is 1. The number of phenolic OH excluding ortho intramolecular Hbond substituents is 1. The van der Waals surface area contributed by atoms with E-state index < -0.39 is 17.9 Å². The van der Waals surface area contributed by atoms with E-state index in [4.69, 9.17) is 0 Å². The van der Waals surface area contributed by atoms with E-state index in [9.17, 15) is 19.8 Å². The van der Waals surface area contributed by atoms with Crippen LogP contribution in [0, 0.1) is 6.92 Å². The molecule has 0 unspecified atom stereocenters. The highest BCUT2D eigenvalue weighted by molar-refractivity contribution is 5.94. The van der Waals surface area contributed by atoms with Gasteiger partial charge in [0.05, 0.1) is 18.1 Å². The number of nitrogens with one attached hydrogen (secondary N) is 1. The summed E-state index contributed by atoms with van der Waals surface area (Å²) >= 11 is 0. The minimum atomic E-state index is -1.30.